The summed E-state index contributed by atoms with van der Waals surface area (Å²) in [4.78, 5) is 64.7. The molecule has 4 heterocycles. The van der Waals surface area contributed by atoms with Crippen molar-refractivity contribution in [3.8, 4) is 17.2 Å². The van der Waals surface area contributed by atoms with Gasteiger partial charge in [0.2, 0.25) is 17.2 Å². The van der Waals surface area contributed by atoms with Crippen LogP contribution in [0.3, 0.4) is 0 Å². The van der Waals surface area contributed by atoms with Crippen LogP contribution in [-0.2, 0) is 13.0 Å². The fourth-order valence-electron chi connectivity index (χ4n) is 5.33. The number of rotatable bonds is 4. The lowest BCUT2D eigenvalue weighted by Crippen LogP contribution is -2.57. The Morgan fingerprint density at radius 1 is 1.13 bits per heavy atom. The van der Waals surface area contributed by atoms with Crippen molar-refractivity contribution in [3.05, 3.63) is 84.9 Å². The first kappa shape index (κ1) is 24.8. The molecule has 0 saturated carbocycles. The zero-order chi connectivity index (χ0) is 27.6. The maximum atomic E-state index is 14.1. The second-order valence-corrected chi connectivity index (χ2v) is 9.80. The number of carbonyl (C=O) groups excluding carboxylic acids is 2. The van der Waals surface area contributed by atoms with Gasteiger partial charge in [-0.05, 0) is 24.6 Å². The van der Waals surface area contributed by atoms with E-state index in [1.54, 1.807) is 31.3 Å². The molecule has 0 unspecified atom stereocenters. The Balaban J connectivity index is 1.52. The van der Waals surface area contributed by atoms with Gasteiger partial charge in [-0.2, -0.15) is 0 Å². The molecule has 1 spiro atoms. The molecule has 1 N–H and O–H groups in total. The number of ketones is 2. The summed E-state index contributed by atoms with van der Waals surface area (Å²) in [5.41, 5.74) is -2.17. The number of ether oxygens (including phenoxy) is 3. The predicted molar refractivity (Wildman–Crippen MR) is 139 cm³/mol. The molecular formula is C27H21ClN4O7. The third-order valence-corrected chi connectivity index (χ3v) is 7.65. The van der Waals surface area contributed by atoms with E-state index in [2.05, 4.69) is 15.0 Å². The van der Waals surface area contributed by atoms with E-state index >= 15 is 0 Å². The molecule has 11 nitrogen and oxygen atoms in total. The Labute approximate surface area is 225 Å². The van der Waals surface area contributed by atoms with Crippen molar-refractivity contribution in [1.82, 2.24) is 19.5 Å². The molecule has 39 heavy (non-hydrogen) atoms. The smallest absolute Gasteiger partial charge is 0.330 e. The first-order valence-electron chi connectivity index (χ1n) is 12.0. The molecule has 1 aromatic carbocycles. The summed E-state index contributed by atoms with van der Waals surface area (Å²) in [6.45, 7) is 1.76. The first-order chi connectivity index (χ1) is 18.7. The van der Waals surface area contributed by atoms with Gasteiger partial charge < -0.3 is 14.2 Å². The minimum atomic E-state index is -1.94. The van der Waals surface area contributed by atoms with E-state index in [0.717, 1.165) is 0 Å². The highest BCUT2D eigenvalue weighted by Crippen LogP contribution is 2.53. The van der Waals surface area contributed by atoms with Gasteiger partial charge in [0.15, 0.2) is 5.75 Å². The van der Waals surface area contributed by atoms with E-state index in [0.29, 0.717) is 11.4 Å². The van der Waals surface area contributed by atoms with Crippen LogP contribution in [0.5, 0.6) is 17.2 Å². The average Bonchev–Trinajstić information content (AvgIpc) is 3.25. The van der Waals surface area contributed by atoms with Crippen LogP contribution < -0.4 is 25.5 Å². The van der Waals surface area contributed by atoms with Crippen LogP contribution >= 0.6 is 11.6 Å². The lowest BCUT2D eigenvalue weighted by Gasteiger charge is -2.36. The largest absolute Gasteiger partial charge is 0.496 e. The van der Waals surface area contributed by atoms with Crippen molar-refractivity contribution < 1.29 is 23.8 Å². The molecule has 0 saturated heterocycles. The van der Waals surface area contributed by atoms with Gasteiger partial charge in [0, 0.05) is 23.7 Å². The Morgan fingerprint density at radius 2 is 1.90 bits per heavy atom. The number of hydrogen-bond acceptors (Lipinski definition) is 9. The molecule has 4 aromatic rings. The van der Waals surface area contributed by atoms with Gasteiger partial charge >= 0.3 is 5.69 Å². The van der Waals surface area contributed by atoms with E-state index in [1.165, 1.54) is 30.9 Å². The van der Waals surface area contributed by atoms with Crippen molar-refractivity contribution in [2.24, 2.45) is 5.92 Å². The molecule has 12 heteroatoms. The SMILES string of the molecule is COc1cc(OC)c2c(c1Cl)O[C@@]1(C(=O)c3cc4c(=O)[nH]c(=O)n(Cc5ccccn5)c4nc3C[C@H]1C)C2=O. The number of aromatic nitrogens is 4. The van der Waals surface area contributed by atoms with Crippen molar-refractivity contribution in [2.75, 3.05) is 14.2 Å². The maximum Gasteiger partial charge on any atom is 0.330 e. The number of pyridine rings is 2. The first-order valence-corrected chi connectivity index (χ1v) is 12.4. The molecule has 3 aromatic heterocycles. The van der Waals surface area contributed by atoms with Gasteiger partial charge in [0.25, 0.3) is 5.56 Å². The van der Waals surface area contributed by atoms with Crippen molar-refractivity contribution in [3.63, 3.8) is 0 Å². The standard InChI is InChI=1S/C27H21ClN4O7/c1-12-8-16-14(9-15-24(30-16)32(26(36)31-25(15)35)11-13-6-4-5-7-29-13)22(33)27(12)23(34)19-17(37-2)10-18(38-3)20(28)21(19)39-27/h4-7,9-10,12H,8,11H2,1-3H3,(H,31,35,36)/t12-,27+/m1/s1. The Kier molecular flexibility index (Phi) is 5.58. The second-order valence-electron chi connectivity index (χ2n) is 9.42. The second kappa shape index (κ2) is 8.77. The molecular weight excluding hydrogens is 528 g/mol. The number of hydrogen-bond donors (Lipinski definition) is 1. The quantitative estimate of drug-likeness (QED) is 0.381. The topological polar surface area (TPSA) is 142 Å². The van der Waals surface area contributed by atoms with Crippen LogP contribution in [-0.4, -0.2) is 50.9 Å². The summed E-state index contributed by atoms with van der Waals surface area (Å²) < 4.78 is 18.1. The molecule has 2 atom stereocenters. The third-order valence-electron chi connectivity index (χ3n) is 7.29. The normalized spacial score (nSPS) is 19.6. The Bertz CT molecular complexity index is 1830. The number of Topliss-reactive ketones (excluding diaryl/α,β-unsaturated/α-hetero) is 2. The van der Waals surface area contributed by atoms with Crippen molar-refractivity contribution in [2.45, 2.75) is 25.5 Å². The third kappa shape index (κ3) is 3.42. The molecule has 0 fully saturated rings. The number of H-pyrrole nitrogens is 1. The molecule has 6 rings (SSSR count). The number of nitrogens with one attached hydrogen (secondary N) is 1. The van der Waals surface area contributed by atoms with Gasteiger partial charge in [0.05, 0.1) is 37.5 Å². The average molecular weight is 549 g/mol. The number of nitrogens with zero attached hydrogens (tertiary/aromatic N) is 3. The van der Waals surface area contributed by atoms with E-state index < -0.39 is 34.3 Å². The summed E-state index contributed by atoms with van der Waals surface area (Å²) >= 11 is 6.48. The Hall–Kier alpha value is -4.51. The highest BCUT2D eigenvalue weighted by atomic mass is 35.5. The van der Waals surface area contributed by atoms with Crippen LogP contribution in [0.2, 0.25) is 5.02 Å². The molecule has 0 radical (unpaired) electrons. The minimum Gasteiger partial charge on any atom is -0.496 e. The van der Waals surface area contributed by atoms with Gasteiger partial charge in [-0.15, -0.1) is 0 Å². The zero-order valence-corrected chi connectivity index (χ0v) is 21.8. The summed E-state index contributed by atoms with van der Waals surface area (Å²) in [5, 5.41) is 0.0542. The zero-order valence-electron chi connectivity index (χ0n) is 21.0. The highest BCUT2D eigenvalue weighted by Gasteiger charge is 2.62. The van der Waals surface area contributed by atoms with E-state index in [-0.39, 0.29) is 57.4 Å². The fourth-order valence-corrected chi connectivity index (χ4v) is 5.59. The maximum absolute atomic E-state index is 14.1. The van der Waals surface area contributed by atoms with E-state index in [1.807, 2.05) is 0 Å². The molecule has 0 amide bonds. The summed E-state index contributed by atoms with van der Waals surface area (Å²) in [6.07, 6.45) is 1.75. The van der Waals surface area contributed by atoms with Crippen molar-refractivity contribution >= 4 is 34.2 Å². The lowest BCUT2D eigenvalue weighted by molar-refractivity contribution is 0.0257. The minimum absolute atomic E-state index is 0.00249. The fraction of sp³-hybridized carbons (Fsp3) is 0.259. The number of aromatic amines is 1. The lowest BCUT2D eigenvalue weighted by atomic mass is 9.71. The molecule has 2 aliphatic rings. The molecule has 1 aliphatic carbocycles. The number of methoxy groups -OCH3 is 2. The van der Waals surface area contributed by atoms with Gasteiger partial charge in [0.1, 0.15) is 27.7 Å². The van der Waals surface area contributed by atoms with Gasteiger partial charge in [-0.3, -0.25) is 28.9 Å². The molecule has 0 bridgehead atoms. The number of fused-ring (bicyclic) bond motifs is 3. The number of halogens is 1. The van der Waals surface area contributed by atoms with Crippen LogP contribution in [0, 0.1) is 5.92 Å². The monoisotopic (exact) mass is 548 g/mol. The predicted octanol–water partition coefficient (Wildman–Crippen LogP) is 2.59. The Morgan fingerprint density at radius 3 is 2.59 bits per heavy atom. The van der Waals surface area contributed by atoms with Crippen LogP contribution in [0.4, 0.5) is 0 Å². The number of benzene rings is 1. The summed E-state index contributed by atoms with van der Waals surface area (Å²) in [6, 6.07) is 8.09. The van der Waals surface area contributed by atoms with Crippen LogP contribution in [0.1, 0.15) is 39.0 Å². The van der Waals surface area contributed by atoms with Crippen LogP contribution in [0.25, 0.3) is 11.0 Å². The highest BCUT2D eigenvalue weighted by molar-refractivity contribution is 6.36. The van der Waals surface area contributed by atoms with Crippen molar-refractivity contribution in [1.29, 1.82) is 0 Å². The van der Waals surface area contributed by atoms with Gasteiger partial charge in [-0.25, -0.2) is 9.78 Å². The van der Waals surface area contributed by atoms with Gasteiger partial charge in [-0.1, -0.05) is 24.6 Å². The van der Waals surface area contributed by atoms with E-state index in [9.17, 15) is 19.2 Å². The van der Waals surface area contributed by atoms with Crippen LogP contribution in [0.15, 0.2) is 46.1 Å². The van der Waals surface area contributed by atoms with E-state index in [4.69, 9.17) is 25.8 Å². The summed E-state index contributed by atoms with van der Waals surface area (Å²) in [5.74, 6) is -1.56. The number of carbonyl (C=O) groups is 2. The summed E-state index contributed by atoms with van der Waals surface area (Å²) in [7, 11) is 2.79. The molecule has 198 valence electrons. The molecule has 1 aliphatic heterocycles.